The Bertz CT molecular complexity index is 738. The Balaban J connectivity index is 0.00000364. The summed E-state index contributed by atoms with van der Waals surface area (Å²) < 4.78 is 32.1. The Morgan fingerprint density at radius 2 is 2.00 bits per heavy atom. The standard InChI is InChI=1S/C18H29N3O4S.ClH/c1-5-21(6-2)26(23,24)15-7-8-17(25-4)16(12-15)18(22)20-14-9-10-19-13(3)11-14;/h7-8,12-14,19H,5-6,9-11H2,1-4H3,(H,20,22);1H. The van der Waals surface area contributed by atoms with Gasteiger partial charge >= 0.3 is 0 Å². The van der Waals surface area contributed by atoms with Gasteiger partial charge in [-0.15, -0.1) is 12.4 Å². The molecule has 0 aliphatic carbocycles. The lowest BCUT2D eigenvalue weighted by Gasteiger charge is -2.29. The highest BCUT2D eigenvalue weighted by atomic mass is 35.5. The average Bonchev–Trinajstić information content (AvgIpc) is 2.61. The van der Waals surface area contributed by atoms with Crippen LogP contribution in [0.25, 0.3) is 0 Å². The summed E-state index contributed by atoms with van der Waals surface area (Å²) in [5, 5.41) is 6.35. The first-order valence-corrected chi connectivity index (χ1v) is 10.5. The van der Waals surface area contributed by atoms with Gasteiger partial charge in [-0.3, -0.25) is 4.79 Å². The molecule has 1 aliphatic heterocycles. The van der Waals surface area contributed by atoms with Crippen molar-refractivity contribution in [3.05, 3.63) is 23.8 Å². The van der Waals surface area contributed by atoms with E-state index in [1.807, 2.05) is 0 Å². The molecule has 1 amide bonds. The van der Waals surface area contributed by atoms with Gasteiger partial charge in [0.05, 0.1) is 17.6 Å². The fraction of sp³-hybridized carbons (Fsp3) is 0.611. The van der Waals surface area contributed by atoms with E-state index in [9.17, 15) is 13.2 Å². The summed E-state index contributed by atoms with van der Waals surface area (Å²) in [6, 6.07) is 4.83. The van der Waals surface area contributed by atoms with E-state index >= 15 is 0 Å². The Morgan fingerprint density at radius 1 is 1.33 bits per heavy atom. The first kappa shape index (κ1) is 23.7. The maximum atomic E-state index is 12.8. The summed E-state index contributed by atoms with van der Waals surface area (Å²) in [5.41, 5.74) is 0.243. The van der Waals surface area contributed by atoms with Crippen molar-refractivity contribution in [1.82, 2.24) is 14.9 Å². The van der Waals surface area contributed by atoms with Crippen molar-refractivity contribution in [3.63, 3.8) is 0 Å². The maximum Gasteiger partial charge on any atom is 0.255 e. The van der Waals surface area contributed by atoms with Crippen molar-refractivity contribution in [2.75, 3.05) is 26.7 Å². The number of carbonyl (C=O) groups is 1. The number of benzene rings is 1. The number of hydrogen-bond acceptors (Lipinski definition) is 5. The zero-order chi connectivity index (χ0) is 19.3. The molecule has 2 atom stereocenters. The number of piperidine rings is 1. The summed E-state index contributed by atoms with van der Waals surface area (Å²) in [4.78, 5) is 12.9. The number of sulfonamides is 1. The molecular formula is C18H30ClN3O4S. The monoisotopic (exact) mass is 419 g/mol. The molecule has 2 N–H and O–H groups in total. The van der Waals surface area contributed by atoms with Gasteiger partial charge in [0.15, 0.2) is 0 Å². The van der Waals surface area contributed by atoms with E-state index in [2.05, 4.69) is 17.6 Å². The number of hydrogen-bond donors (Lipinski definition) is 2. The van der Waals surface area contributed by atoms with Gasteiger partial charge < -0.3 is 15.4 Å². The molecule has 0 radical (unpaired) electrons. The van der Waals surface area contributed by atoms with Crippen molar-refractivity contribution in [2.45, 2.75) is 50.6 Å². The lowest BCUT2D eigenvalue weighted by Crippen LogP contribution is -2.46. The molecule has 1 aliphatic rings. The van der Waals surface area contributed by atoms with E-state index in [4.69, 9.17) is 4.74 Å². The lowest BCUT2D eigenvalue weighted by atomic mass is 10.00. The van der Waals surface area contributed by atoms with Crippen LogP contribution in [-0.4, -0.2) is 57.5 Å². The van der Waals surface area contributed by atoms with Crippen LogP contribution in [0.5, 0.6) is 5.75 Å². The summed E-state index contributed by atoms with van der Waals surface area (Å²) >= 11 is 0. The number of nitrogens with one attached hydrogen (secondary N) is 2. The highest BCUT2D eigenvalue weighted by molar-refractivity contribution is 7.89. The van der Waals surface area contributed by atoms with Crippen LogP contribution >= 0.6 is 12.4 Å². The highest BCUT2D eigenvalue weighted by Gasteiger charge is 2.26. The van der Waals surface area contributed by atoms with Crippen LogP contribution in [0.4, 0.5) is 0 Å². The van der Waals surface area contributed by atoms with E-state index < -0.39 is 10.0 Å². The molecule has 2 rings (SSSR count). The number of rotatable bonds is 7. The van der Waals surface area contributed by atoms with Crippen molar-refractivity contribution in [1.29, 1.82) is 0 Å². The lowest BCUT2D eigenvalue weighted by molar-refractivity contribution is 0.0922. The Labute approximate surface area is 168 Å². The van der Waals surface area contributed by atoms with Crippen molar-refractivity contribution < 1.29 is 17.9 Å². The Morgan fingerprint density at radius 3 is 2.56 bits per heavy atom. The number of ether oxygens (including phenoxy) is 1. The first-order chi connectivity index (χ1) is 12.3. The Hall–Kier alpha value is -1.35. The van der Waals surface area contributed by atoms with Gasteiger partial charge in [-0.1, -0.05) is 13.8 Å². The molecule has 7 nitrogen and oxygen atoms in total. The molecule has 1 fully saturated rings. The maximum absolute atomic E-state index is 12.8. The molecule has 0 bridgehead atoms. The Kier molecular flexibility index (Phi) is 9.01. The van der Waals surface area contributed by atoms with Gasteiger partial charge in [-0.25, -0.2) is 8.42 Å². The second kappa shape index (κ2) is 10.3. The predicted molar refractivity (Wildman–Crippen MR) is 108 cm³/mol. The second-order valence-electron chi connectivity index (χ2n) is 6.50. The van der Waals surface area contributed by atoms with Crippen molar-refractivity contribution >= 4 is 28.3 Å². The summed E-state index contributed by atoms with van der Waals surface area (Å²) in [5.74, 6) is 0.0560. The second-order valence-corrected chi connectivity index (χ2v) is 8.44. The van der Waals surface area contributed by atoms with Gasteiger partial charge in [-0.05, 0) is 44.5 Å². The SMILES string of the molecule is CCN(CC)S(=O)(=O)c1ccc(OC)c(C(=O)NC2CCNC(C)C2)c1.Cl. The minimum absolute atomic E-state index is 0. The summed E-state index contributed by atoms with van der Waals surface area (Å²) in [6.07, 6.45) is 1.68. The molecule has 9 heteroatoms. The average molecular weight is 420 g/mol. The molecule has 2 unspecified atom stereocenters. The summed E-state index contributed by atoms with van der Waals surface area (Å²) in [6.45, 7) is 7.25. The van der Waals surface area contributed by atoms with Crippen LogP contribution in [-0.2, 0) is 10.0 Å². The summed E-state index contributed by atoms with van der Waals surface area (Å²) in [7, 11) is -2.17. The van der Waals surface area contributed by atoms with Crippen LogP contribution in [0.1, 0.15) is 44.0 Å². The van der Waals surface area contributed by atoms with Crippen LogP contribution in [0.3, 0.4) is 0 Å². The molecule has 1 heterocycles. The molecule has 154 valence electrons. The predicted octanol–water partition coefficient (Wildman–Crippen LogP) is 2.02. The molecule has 0 saturated carbocycles. The minimum atomic E-state index is -3.64. The number of halogens is 1. The zero-order valence-electron chi connectivity index (χ0n) is 16.3. The zero-order valence-corrected chi connectivity index (χ0v) is 18.0. The van der Waals surface area contributed by atoms with Crippen LogP contribution in [0.15, 0.2) is 23.1 Å². The van der Waals surface area contributed by atoms with Gasteiger partial charge in [-0.2, -0.15) is 4.31 Å². The highest BCUT2D eigenvalue weighted by Crippen LogP contribution is 2.25. The quantitative estimate of drug-likeness (QED) is 0.705. The van der Waals surface area contributed by atoms with Gasteiger partial charge in [0.25, 0.3) is 5.91 Å². The largest absolute Gasteiger partial charge is 0.496 e. The van der Waals surface area contributed by atoms with Crippen LogP contribution < -0.4 is 15.4 Å². The third-order valence-corrected chi connectivity index (χ3v) is 6.76. The van der Waals surface area contributed by atoms with Crippen LogP contribution in [0, 0.1) is 0 Å². The molecule has 0 aromatic heterocycles. The topological polar surface area (TPSA) is 87.7 Å². The molecule has 1 aromatic carbocycles. The van der Waals surface area contributed by atoms with E-state index in [0.717, 1.165) is 19.4 Å². The number of carbonyl (C=O) groups excluding carboxylic acids is 1. The van der Waals surface area contributed by atoms with Crippen molar-refractivity contribution in [2.24, 2.45) is 0 Å². The number of methoxy groups -OCH3 is 1. The molecule has 0 spiro atoms. The molecule has 1 aromatic rings. The van der Waals surface area contributed by atoms with E-state index in [0.29, 0.717) is 24.9 Å². The minimum Gasteiger partial charge on any atom is -0.496 e. The van der Waals surface area contributed by atoms with Crippen LogP contribution in [0.2, 0.25) is 0 Å². The molecule has 27 heavy (non-hydrogen) atoms. The van der Waals surface area contributed by atoms with Gasteiger partial charge in [0.1, 0.15) is 5.75 Å². The third-order valence-electron chi connectivity index (χ3n) is 4.72. The smallest absolute Gasteiger partial charge is 0.255 e. The molecule has 1 saturated heterocycles. The normalized spacial score (nSPS) is 20.0. The fourth-order valence-corrected chi connectivity index (χ4v) is 4.75. The first-order valence-electron chi connectivity index (χ1n) is 9.05. The number of amides is 1. The van der Waals surface area contributed by atoms with E-state index in [-0.39, 0.29) is 34.8 Å². The van der Waals surface area contributed by atoms with Crippen molar-refractivity contribution in [3.8, 4) is 5.75 Å². The van der Waals surface area contributed by atoms with Gasteiger partial charge in [0.2, 0.25) is 10.0 Å². The number of nitrogens with zero attached hydrogens (tertiary/aromatic N) is 1. The van der Waals surface area contributed by atoms with E-state index in [1.54, 1.807) is 13.8 Å². The fourth-order valence-electron chi connectivity index (χ4n) is 3.26. The molecular weight excluding hydrogens is 390 g/mol. The van der Waals surface area contributed by atoms with Gasteiger partial charge in [0, 0.05) is 25.2 Å². The van der Waals surface area contributed by atoms with E-state index in [1.165, 1.54) is 29.6 Å². The third kappa shape index (κ3) is 5.57.